The molecule has 0 aliphatic heterocycles. The molecule has 0 saturated carbocycles. The minimum atomic E-state index is -2.33. The molecule has 0 aliphatic carbocycles. The number of benzene rings is 1. The third-order valence-corrected chi connectivity index (χ3v) is 3.56. The molecule has 0 spiro atoms. The van der Waals surface area contributed by atoms with Crippen molar-refractivity contribution < 1.29 is 13.9 Å². The highest BCUT2D eigenvalue weighted by Gasteiger charge is 2.18. The molecule has 1 aromatic heterocycles. The highest BCUT2D eigenvalue weighted by molar-refractivity contribution is 9.10. The van der Waals surface area contributed by atoms with Crippen molar-refractivity contribution in [1.82, 2.24) is 0 Å². The summed E-state index contributed by atoms with van der Waals surface area (Å²) in [6, 6.07) is 4.86. The van der Waals surface area contributed by atoms with Crippen molar-refractivity contribution in [2.75, 3.05) is 0 Å². The van der Waals surface area contributed by atoms with Crippen LogP contribution in [0.3, 0.4) is 0 Å². The molecule has 2 aromatic rings. The molecule has 6 heteroatoms. The summed E-state index contributed by atoms with van der Waals surface area (Å²) in [6.07, 6.45) is -0.0565. The van der Waals surface area contributed by atoms with Gasteiger partial charge in [0.05, 0.1) is 0 Å². The van der Waals surface area contributed by atoms with E-state index < -0.39 is 13.7 Å². The van der Waals surface area contributed by atoms with Crippen LogP contribution in [-0.4, -0.2) is 4.89 Å². The van der Waals surface area contributed by atoms with E-state index in [0.29, 0.717) is 16.5 Å². The number of halogens is 1. The first-order chi connectivity index (χ1) is 7.97. The molecule has 2 rings (SSSR count). The summed E-state index contributed by atoms with van der Waals surface area (Å²) < 4.78 is 16.7. The Kier molecular flexibility index (Phi) is 3.43. The first-order valence-corrected chi connectivity index (χ1v) is 7.03. The smallest absolute Gasteiger partial charge is 0.423 e. The minimum absolute atomic E-state index is 0.0565. The quantitative estimate of drug-likeness (QED) is 0.683. The molecule has 17 heavy (non-hydrogen) atoms. The van der Waals surface area contributed by atoms with E-state index in [1.807, 2.05) is 13.0 Å². The van der Waals surface area contributed by atoms with Gasteiger partial charge in [-0.2, -0.15) is 4.89 Å². The summed E-state index contributed by atoms with van der Waals surface area (Å²) in [6.45, 7) is 1.88. The number of aryl methyl sites for hydroxylation is 1. The molecule has 0 fully saturated rings. The van der Waals surface area contributed by atoms with Crippen molar-refractivity contribution in [2.24, 2.45) is 0 Å². The summed E-state index contributed by atoms with van der Waals surface area (Å²) >= 11 is 3.37. The number of fused-ring (bicyclic) bond motifs is 1. The summed E-state index contributed by atoms with van der Waals surface area (Å²) in [5.74, 6) is 0. The van der Waals surface area contributed by atoms with Crippen molar-refractivity contribution in [3.8, 4) is 0 Å². The lowest BCUT2D eigenvalue weighted by atomic mass is 10.1. The van der Waals surface area contributed by atoms with E-state index >= 15 is 0 Å². The molecule has 0 radical (unpaired) electrons. The second-order valence-electron chi connectivity index (χ2n) is 3.72. The molecule has 1 unspecified atom stereocenters. The average Bonchev–Trinajstić information content (AvgIpc) is 2.13. The zero-order valence-corrected chi connectivity index (χ0v) is 11.4. The predicted octanol–water partition coefficient (Wildman–Crippen LogP) is 3.10. The van der Waals surface area contributed by atoms with Gasteiger partial charge in [-0.25, -0.2) is 4.79 Å². The molecular weight excluding hydrogens is 307 g/mol. The molecule has 88 valence electrons. The van der Waals surface area contributed by atoms with E-state index in [2.05, 4.69) is 15.9 Å². The van der Waals surface area contributed by atoms with Crippen LogP contribution in [0.15, 0.2) is 31.9 Å². The van der Waals surface area contributed by atoms with Crippen LogP contribution < -0.4 is 5.63 Å². The lowest BCUT2D eigenvalue weighted by molar-refractivity contribution is 0.502. The fourth-order valence-electron chi connectivity index (χ4n) is 1.73. The van der Waals surface area contributed by atoms with Gasteiger partial charge in [-0.1, -0.05) is 15.9 Å². The Bertz CT molecular complexity index is 662. The molecule has 1 atom stereocenters. The highest BCUT2D eigenvalue weighted by atomic mass is 79.9. The topological polar surface area (TPSA) is 67.5 Å². The fourth-order valence-corrected chi connectivity index (χ4v) is 3.08. The second kappa shape index (κ2) is 4.69. The van der Waals surface area contributed by atoms with Crippen molar-refractivity contribution in [3.63, 3.8) is 0 Å². The number of rotatable bonds is 2. The van der Waals surface area contributed by atoms with Gasteiger partial charge in [0.1, 0.15) is 5.58 Å². The Hall–Kier alpha value is -1.03. The molecule has 1 heterocycles. The van der Waals surface area contributed by atoms with Gasteiger partial charge in [0, 0.05) is 21.5 Å². The summed E-state index contributed by atoms with van der Waals surface area (Å²) in [5.41, 5.74) is 1.38. The molecule has 1 N–H and O–H groups in total. The lowest BCUT2D eigenvalue weighted by Crippen LogP contribution is -2.00. The molecule has 1 aromatic carbocycles. The van der Waals surface area contributed by atoms with Gasteiger partial charge in [-0.15, -0.1) is 0 Å². The Labute approximate surface area is 106 Å². The van der Waals surface area contributed by atoms with E-state index in [9.17, 15) is 9.36 Å². The Morgan fingerprint density at radius 3 is 2.76 bits per heavy atom. The molecule has 0 saturated heterocycles. The Morgan fingerprint density at radius 1 is 1.41 bits per heavy atom. The zero-order chi connectivity index (χ0) is 12.6. The zero-order valence-electron chi connectivity index (χ0n) is 8.94. The normalized spacial score (nSPS) is 11.8. The fraction of sp³-hybridized carbons (Fsp3) is 0.182. The monoisotopic (exact) mass is 315 g/mol. The van der Waals surface area contributed by atoms with E-state index in [1.54, 1.807) is 6.07 Å². The summed E-state index contributed by atoms with van der Waals surface area (Å²) in [7, 11) is -2.33. The third kappa shape index (κ3) is 2.63. The molecule has 0 amide bonds. The van der Waals surface area contributed by atoms with Gasteiger partial charge in [0.15, 0.2) is 0 Å². The van der Waals surface area contributed by atoms with Crippen molar-refractivity contribution in [3.05, 3.63) is 44.2 Å². The molecule has 4 nitrogen and oxygen atoms in total. The maximum absolute atomic E-state index is 11.3. The maximum atomic E-state index is 11.3. The first kappa shape index (κ1) is 12.4. The largest absolute Gasteiger partial charge is 0.510 e. The van der Waals surface area contributed by atoms with Crippen LogP contribution in [0, 0.1) is 6.92 Å². The highest BCUT2D eigenvalue weighted by Crippen LogP contribution is 2.32. The average molecular weight is 316 g/mol. The van der Waals surface area contributed by atoms with Gasteiger partial charge in [-0.05, 0) is 29.2 Å². The van der Waals surface area contributed by atoms with Gasteiger partial charge in [0.2, 0.25) is 6.16 Å². The number of hydrogen-bond donors (Lipinski definition) is 1. The van der Waals surface area contributed by atoms with Gasteiger partial charge < -0.3 is 4.42 Å². The molecule has 0 aliphatic rings. The van der Waals surface area contributed by atoms with Crippen LogP contribution in [0.2, 0.25) is 0 Å². The SMILES string of the molecule is Cc1cc(Br)c2c(C[P+](=O)O)cc(=O)oc2c1. The van der Waals surface area contributed by atoms with Crippen molar-refractivity contribution in [1.29, 1.82) is 0 Å². The van der Waals surface area contributed by atoms with E-state index in [1.165, 1.54) is 6.07 Å². The molecular formula is C11H9BrO4P+. The third-order valence-electron chi connectivity index (χ3n) is 2.33. The van der Waals surface area contributed by atoms with E-state index in [4.69, 9.17) is 9.31 Å². The standard InChI is InChI=1S/C11H8BrO4P/c1-6-2-8(12)11-7(5-17(14)15)4-10(13)16-9(11)3-6/h2-4H,5H2,1H3/p+1. The van der Waals surface area contributed by atoms with Crippen LogP contribution in [0.5, 0.6) is 0 Å². The summed E-state index contributed by atoms with van der Waals surface area (Å²) in [5, 5.41) is 0.674. The van der Waals surface area contributed by atoms with Crippen LogP contribution >= 0.6 is 24.0 Å². The van der Waals surface area contributed by atoms with Gasteiger partial charge in [0.25, 0.3) is 0 Å². The number of hydrogen-bond acceptors (Lipinski definition) is 3. The van der Waals surface area contributed by atoms with Crippen molar-refractivity contribution >= 4 is 34.9 Å². The van der Waals surface area contributed by atoms with E-state index in [-0.39, 0.29) is 6.16 Å². The minimum Gasteiger partial charge on any atom is -0.423 e. The lowest BCUT2D eigenvalue weighted by Gasteiger charge is -2.04. The van der Waals surface area contributed by atoms with Crippen LogP contribution in [0.25, 0.3) is 11.0 Å². The van der Waals surface area contributed by atoms with Gasteiger partial charge >= 0.3 is 13.7 Å². The van der Waals surface area contributed by atoms with Crippen LogP contribution in [0.1, 0.15) is 11.1 Å². The Balaban J connectivity index is 2.82. The van der Waals surface area contributed by atoms with Crippen LogP contribution in [0.4, 0.5) is 0 Å². The summed E-state index contributed by atoms with van der Waals surface area (Å²) in [4.78, 5) is 20.3. The van der Waals surface area contributed by atoms with Crippen molar-refractivity contribution in [2.45, 2.75) is 13.1 Å². The van der Waals surface area contributed by atoms with E-state index in [0.717, 1.165) is 10.0 Å². The predicted molar refractivity (Wildman–Crippen MR) is 68.5 cm³/mol. The first-order valence-electron chi connectivity index (χ1n) is 4.84. The maximum Gasteiger partial charge on any atom is 0.510 e. The second-order valence-corrected chi connectivity index (χ2v) is 5.60. The molecule has 0 bridgehead atoms. The Morgan fingerprint density at radius 2 is 2.12 bits per heavy atom. The van der Waals surface area contributed by atoms with Crippen LogP contribution in [-0.2, 0) is 10.7 Å². The van der Waals surface area contributed by atoms with Gasteiger partial charge in [-0.3, -0.25) is 0 Å².